The summed E-state index contributed by atoms with van der Waals surface area (Å²) in [6.07, 6.45) is 0. The summed E-state index contributed by atoms with van der Waals surface area (Å²) in [7, 11) is 0. The van der Waals surface area contributed by atoms with Gasteiger partial charge >= 0.3 is 0 Å². The smallest absolute Gasteiger partial charge is 0.201 e. The number of aromatic nitrogens is 2. The molecule has 1 heterocycles. The molecule has 0 atom stereocenters. The SMILES string of the molecule is Fc1ccc2nc(NCc3cccc(Br)c3)[nH]c2c1. The van der Waals surface area contributed by atoms with Crippen molar-refractivity contribution in [2.24, 2.45) is 0 Å². The van der Waals surface area contributed by atoms with E-state index in [1.54, 1.807) is 6.07 Å². The molecule has 0 aliphatic carbocycles. The van der Waals surface area contributed by atoms with Gasteiger partial charge in [0.05, 0.1) is 11.0 Å². The van der Waals surface area contributed by atoms with Gasteiger partial charge in [0.15, 0.2) is 0 Å². The normalized spacial score (nSPS) is 10.8. The van der Waals surface area contributed by atoms with Crippen LogP contribution >= 0.6 is 15.9 Å². The van der Waals surface area contributed by atoms with E-state index < -0.39 is 0 Å². The predicted molar refractivity (Wildman–Crippen MR) is 77.5 cm³/mol. The van der Waals surface area contributed by atoms with E-state index >= 15 is 0 Å². The zero-order valence-electron chi connectivity index (χ0n) is 9.95. The molecule has 0 aliphatic heterocycles. The number of nitrogens with one attached hydrogen (secondary N) is 2. The molecule has 0 aliphatic rings. The fourth-order valence-electron chi connectivity index (χ4n) is 1.90. The number of hydrogen-bond donors (Lipinski definition) is 2. The minimum atomic E-state index is -0.269. The van der Waals surface area contributed by atoms with Crippen LogP contribution in [-0.4, -0.2) is 9.97 Å². The van der Waals surface area contributed by atoms with Gasteiger partial charge in [-0.25, -0.2) is 9.37 Å². The number of hydrogen-bond acceptors (Lipinski definition) is 2. The van der Waals surface area contributed by atoms with E-state index in [0.29, 0.717) is 18.0 Å². The number of rotatable bonds is 3. The van der Waals surface area contributed by atoms with Gasteiger partial charge in [0.1, 0.15) is 5.82 Å². The van der Waals surface area contributed by atoms with E-state index in [4.69, 9.17) is 0 Å². The van der Waals surface area contributed by atoms with Crippen molar-refractivity contribution >= 4 is 32.9 Å². The summed E-state index contributed by atoms with van der Waals surface area (Å²) in [4.78, 5) is 7.39. The average Bonchev–Trinajstić information content (AvgIpc) is 2.78. The van der Waals surface area contributed by atoms with Crippen molar-refractivity contribution in [1.29, 1.82) is 0 Å². The highest BCUT2D eigenvalue weighted by atomic mass is 79.9. The lowest BCUT2D eigenvalue weighted by molar-refractivity contribution is 0.629. The van der Waals surface area contributed by atoms with Crippen LogP contribution in [0.1, 0.15) is 5.56 Å². The molecule has 0 spiro atoms. The van der Waals surface area contributed by atoms with Crippen LogP contribution in [0.25, 0.3) is 11.0 Å². The van der Waals surface area contributed by atoms with Crippen molar-refractivity contribution in [1.82, 2.24) is 9.97 Å². The zero-order valence-corrected chi connectivity index (χ0v) is 11.5. The Morgan fingerprint density at radius 2 is 2.11 bits per heavy atom. The molecule has 96 valence electrons. The van der Waals surface area contributed by atoms with Crippen molar-refractivity contribution in [2.45, 2.75) is 6.54 Å². The summed E-state index contributed by atoms with van der Waals surface area (Å²) in [5.41, 5.74) is 2.58. The highest BCUT2D eigenvalue weighted by molar-refractivity contribution is 9.10. The first-order valence-corrected chi connectivity index (χ1v) is 6.63. The topological polar surface area (TPSA) is 40.7 Å². The van der Waals surface area contributed by atoms with Crippen molar-refractivity contribution in [2.75, 3.05) is 5.32 Å². The summed E-state index contributed by atoms with van der Waals surface area (Å²) in [5, 5.41) is 3.19. The second kappa shape index (κ2) is 5.01. The largest absolute Gasteiger partial charge is 0.352 e. The van der Waals surface area contributed by atoms with Gasteiger partial charge in [-0.1, -0.05) is 28.1 Å². The Hall–Kier alpha value is -1.88. The minimum Gasteiger partial charge on any atom is -0.352 e. The van der Waals surface area contributed by atoms with Crippen LogP contribution in [0.5, 0.6) is 0 Å². The van der Waals surface area contributed by atoms with Gasteiger partial charge in [-0.3, -0.25) is 0 Å². The predicted octanol–water partition coefficient (Wildman–Crippen LogP) is 4.08. The number of fused-ring (bicyclic) bond motifs is 1. The quantitative estimate of drug-likeness (QED) is 0.763. The van der Waals surface area contributed by atoms with Gasteiger partial charge in [0.25, 0.3) is 0 Å². The summed E-state index contributed by atoms with van der Waals surface area (Å²) in [5.74, 6) is 0.371. The van der Waals surface area contributed by atoms with Crippen molar-refractivity contribution < 1.29 is 4.39 Å². The number of anilines is 1. The highest BCUT2D eigenvalue weighted by Crippen LogP contribution is 2.17. The third kappa shape index (κ3) is 2.76. The lowest BCUT2D eigenvalue weighted by Gasteiger charge is -2.03. The molecular weight excluding hydrogens is 309 g/mol. The number of imidazole rings is 1. The Bertz CT molecular complexity index is 724. The molecule has 0 saturated heterocycles. The molecule has 0 bridgehead atoms. The number of aromatic amines is 1. The highest BCUT2D eigenvalue weighted by Gasteiger charge is 2.03. The molecule has 5 heteroatoms. The Kier molecular flexibility index (Phi) is 3.21. The molecule has 0 radical (unpaired) electrons. The first-order valence-electron chi connectivity index (χ1n) is 5.84. The minimum absolute atomic E-state index is 0.269. The Morgan fingerprint density at radius 3 is 2.95 bits per heavy atom. The lowest BCUT2D eigenvalue weighted by Crippen LogP contribution is -2.00. The van der Waals surface area contributed by atoms with E-state index in [9.17, 15) is 4.39 Å². The van der Waals surface area contributed by atoms with Crippen LogP contribution in [0.3, 0.4) is 0 Å². The first kappa shape index (κ1) is 12.2. The van der Waals surface area contributed by atoms with Gasteiger partial charge in [0, 0.05) is 11.0 Å². The maximum Gasteiger partial charge on any atom is 0.201 e. The first-order chi connectivity index (χ1) is 9.20. The van der Waals surface area contributed by atoms with Crippen LogP contribution in [-0.2, 0) is 6.54 Å². The lowest BCUT2D eigenvalue weighted by atomic mass is 10.2. The zero-order chi connectivity index (χ0) is 13.2. The fraction of sp³-hybridized carbons (Fsp3) is 0.0714. The third-order valence-electron chi connectivity index (χ3n) is 2.79. The number of H-pyrrole nitrogens is 1. The van der Waals surface area contributed by atoms with E-state index in [2.05, 4.69) is 31.2 Å². The molecule has 0 fully saturated rings. The average molecular weight is 320 g/mol. The molecule has 3 nitrogen and oxygen atoms in total. The van der Waals surface area contributed by atoms with Crippen LogP contribution in [0.4, 0.5) is 10.3 Å². The molecular formula is C14H11BrFN3. The van der Waals surface area contributed by atoms with Crippen molar-refractivity contribution in [3.05, 3.63) is 58.3 Å². The summed E-state index contributed by atoms with van der Waals surface area (Å²) in [6.45, 7) is 0.655. The molecule has 2 N–H and O–H groups in total. The molecule has 0 amide bonds. The standard InChI is InChI=1S/C14H11BrFN3/c15-10-3-1-2-9(6-10)8-17-14-18-12-5-4-11(16)7-13(12)19-14/h1-7H,8H2,(H2,17,18,19). The van der Waals surface area contributed by atoms with Gasteiger partial charge < -0.3 is 10.3 Å². The van der Waals surface area contributed by atoms with Gasteiger partial charge in [-0.05, 0) is 35.9 Å². The third-order valence-corrected chi connectivity index (χ3v) is 3.29. The molecule has 1 aromatic heterocycles. The van der Waals surface area contributed by atoms with Gasteiger partial charge in [-0.15, -0.1) is 0 Å². The molecule has 0 saturated carbocycles. The van der Waals surface area contributed by atoms with Crippen LogP contribution in [0.15, 0.2) is 46.9 Å². The molecule has 3 aromatic rings. The summed E-state index contributed by atoms with van der Waals surface area (Å²) < 4.78 is 14.1. The second-order valence-electron chi connectivity index (χ2n) is 4.23. The Labute approximate surface area is 118 Å². The molecule has 19 heavy (non-hydrogen) atoms. The fourth-order valence-corrected chi connectivity index (χ4v) is 2.34. The molecule has 2 aromatic carbocycles. The van der Waals surface area contributed by atoms with E-state index in [1.807, 2.05) is 24.3 Å². The Balaban J connectivity index is 1.78. The van der Waals surface area contributed by atoms with Crippen molar-refractivity contribution in [3.63, 3.8) is 0 Å². The second-order valence-corrected chi connectivity index (χ2v) is 5.15. The van der Waals surface area contributed by atoms with Crippen molar-refractivity contribution in [3.8, 4) is 0 Å². The van der Waals surface area contributed by atoms with E-state index in [-0.39, 0.29) is 5.82 Å². The number of halogens is 2. The Morgan fingerprint density at radius 1 is 1.21 bits per heavy atom. The maximum atomic E-state index is 13.1. The monoisotopic (exact) mass is 319 g/mol. The molecule has 3 rings (SSSR count). The van der Waals surface area contributed by atoms with E-state index in [1.165, 1.54) is 12.1 Å². The van der Waals surface area contributed by atoms with Crippen LogP contribution in [0.2, 0.25) is 0 Å². The maximum absolute atomic E-state index is 13.1. The van der Waals surface area contributed by atoms with Gasteiger partial charge in [0.2, 0.25) is 5.95 Å². The van der Waals surface area contributed by atoms with Crippen LogP contribution < -0.4 is 5.32 Å². The van der Waals surface area contributed by atoms with E-state index in [0.717, 1.165) is 15.6 Å². The number of nitrogens with zero attached hydrogens (tertiary/aromatic N) is 1. The van der Waals surface area contributed by atoms with Crippen LogP contribution in [0, 0.1) is 5.82 Å². The molecule has 0 unspecified atom stereocenters. The summed E-state index contributed by atoms with van der Waals surface area (Å²) in [6, 6.07) is 12.5. The van der Waals surface area contributed by atoms with Gasteiger partial charge in [-0.2, -0.15) is 0 Å². The number of benzene rings is 2. The summed E-state index contributed by atoms with van der Waals surface area (Å²) >= 11 is 3.43.